The maximum Gasteiger partial charge on any atom is 0.100 e. The molecular formula is C24H24N4S2. The van der Waals surface area contributed by atoms with Crippen molar-refractivity contribution in [2.24, 2.45) is 0 Å². The fourth-order valence-electron chi connectivity index (χ4n) is 4.86. The number of benzene rings is 1. The standard InChI is InChI=1S/C24H24N4S2/c1-3-5-11-27-15-7-13-29-23(15)17-19-20(26-10-9-25-19)18-22(21(17)27)28(12-6-4-2)16-8-14-30-24(16)18/h7-10,13-14H,3-6,11-12H2,1-2H3. The van der Waals surface area contributed by atoms with Crippen LogP contribution in [0, 0.1) is 0 Å². The van der Waals surface area contributed by atoms with Crippen LogP contribution in [0.4, 0.5) is 0 Å². The molecule has 152 valence electrons. The molecule has 0 N–H and O–H groups in total. The van der Waals surface area contributed by atoms with E-state index >= 15 is 0 Å². The Morgan fingerprint density at radius 3 is 1.63 bits per heavy atom. The average Bonchev–Trinajstić information content (AvgIpc) is 3.52. The Kier molecular flexibility index (Phi) is 4.32. The highest BCUT2D eigenvalue weighted by molar-refractivity contribution is 7.19. The van der Waals surface area contributed by atoms with E-state index in [1.807, 2.05) is 35.1 Å². The molecule has 5 aromatic heterocycles. The van der Waals surface area contributed by atoms with Gasteiger partial charge in [-0.2, -0.15) is 0 Å². The Bertz CT molecular complexity index is 1410. The summed E-state index contributed by atoms with van der Waals surface area (Å²) in [6.07, 6.45) is 8.42. The minimum Gasteiger partial charge on any atom is -0.338 e. The lowest BCUT2D eigenvalue weighted by atomic mass is 10.1. The van der Waals surface area contributed by atoms with Crippen molar-refractivity contribution in [3.63, 3.8) is 0 Å². The minimum atomic E-state index is 1.04. The summed E-state index contributed by atoms with van der Waals surface area (Å²) in [6, 6.07) is 4.57. The molecule has 0 unspecified atom stereocenters. The van der Waals surface area contributed by atoms with Gasteiger partial charge in [-0.3, -0.25) is 9.97 Å². The van der Waals surface area contributed by atoms with Gasteiger partial charge in [0.1, 0.15) is 11.0 Å². The summed E-state index contributed by atoms with van der Waals surface area (Å²) in [5.74, 6) is 0. The lowest BCUT2D eigenvalue weighted by molar-refractivity contribution is 0.655. The first-order valence-electron chi connectivity index (χ1n) is 10.9. The zero-order valence-electron chi connectivity index (χ0n) is 17.3. The molecule has 0 fully saturated rings. The Morgan fingerprint density at radius 2 is 1.20 bits per heavy atom. The van der Waals surface area contributed by atoms with Gasteiger partial charge in [0.2, 0.25) is 0 Å². The van der Waals surface area contributed by atoms with Gasteiger partial charge >= 0.3 is 0 Å². The number of unbranched alkanes of at least 4 members (excludes halogenated alkanes) is 2. The Balaban J connectivity index is 1.91. The van der Waals surface area contributed by atoms with Gasteiger partial charge in [-0.15, -0.1) is 22.7 Å². The van der Waals surface area contributed by atoms with Gasteiger partial charge in [-0.05, 0) is 35.7 Å². The summed E-state index contributed by atoms with van der Waals surface area (Å²) in [4.78, 5) is 9.74. The largest absolute Gasteiger partial charge is 0.338 e. The maximum absolute atomic E-state index is 4.87. The SMILES string of the molecule is CCCCn1c2ccsc2c2c3nccnc3c3c4sccc4n(CCCC)c3c21. The lowest BCUT2D eigenvalue weighted by Gasteiger charge is -2.12. The number of aryl methyl sites for hydroxylation is 2. The third-order valence-corrected chi connectivity index (χ3v) is 8.05. The average molecular weight is 433 g/mol. The van der Waals surface area contributed by atoms with E-state index in [0.29, 0.717) is 0 Å². The van der Waals surface area contributed by atoms with E-state index < -0.39 is 0 Å². The number of rotatable bonds is 6. The van der Waals surface area contributed by atoms with E-state index in [2.05, 4.69) is 45.9 Å². The Labute approximate surface area is 182 Å². The van der Waals surface area contributed by atoms with Crippen LogP contribution in [0.3, 0.4) is 0 Å². The van der Waals surface area contributed by atoms with Crippen LogP contribution in [0.2, 0.25) is 0 Å². The molecule has 5 heterocycles. The summed E-state index contributed by atoms with van der Waals surface area (Å²) in [5.41, 5.74) is 7.49. The second kappa shape index (κ2) is 7.06. The molecule has 6 heteroatoms. The minimum absolute atomic E-state index is 1.04. The molecule has 0 spiro atoms. The van der Waals surface area contributed by atoms with Gasteiger partial charge < -0.3 is 9.13 Å². The molecule has 0 atom stereocenters. The van der Waals surface area contributed by atoms with Crippen LogP contribution in [0.5, 0.6) is 0 Å². The fourth-order valence-corrected chi connectivity index (χ4v) is 6.75. The monoisotopic (exact) mass is 432 g/mol. The molecule has 4 nitrogen and oxygen atoms in total. The molecular weight excluding hydrogens is 408 g/mol. The molecule has 0 radical (unpaired) electrons. The van der Waals surface area contributed by atoms with Gasteiger partial charge in [-0.25, -0.2) is 0 Å². The Hall–Kier alpha value is -2.44. The third-order valence-electron chi connectivity index (χ3n) is 6.20. The van der Waals surface area contributed by atoms with Crippen molar-refractivity contribution in [1.29, 1.82) is 0 Å². The molecule has 30 heavy (non-hydrogen) atoms. The molecule has 1 aromatic carbocycles. The van der Waals surface area contributed by atoms with Crippen LogP contribution in [-0.2, 0) is 13.1 Å². The second-order valence-electron chi connectivity index (χ2n) is 7.98. The van der Waals surface area contributed by atoms with Crippen molar-refractivity contribution in [2.45, 2.75) is 52.6 Å². The van der Waals surface area contributed by atoms with Gasteiger partial charge in [0, 0.05) is 36.3 Å². The molecule has 0 saturated heterocycles. The van der Waals surface area contributed by atoms with E-state index in [1.54, 1.807) is 0 Å². The Morgan fingerprint density at radius 1 is 0.733 bits per heavy atom. The topological polar surface area (TPSA) is 35.6 Å². The number of aromatic nitrogens is 4. The first kappa shape index (κ1) is 18.3. The molecule has 0 amide bonds. The van der Waals surface area contributed by atoms with Crippen molar-refractivity contribution in [3.8, 4) is 0 Å². The second-order valence-corrected chi connectivity index (χ2v) is 9.81. The van der Waals surface area contributed by atoms with Crippen molar-refractivity contribution >= 4 is 75.9 Å². The van der Waals surface area contributed by atoms with Crippen LogP contribution in [0.1, 0.15) is 39.5 Å². The van der Waals surface area contributed by atoms with Gasteiger partial charge in [0.15, 0.2) is 0 Å². The zero-order valence-corrected chi connectivity index (χ0v) is 18.9. The first-order valence-corrected chi connectivity index (χ1v) is 12.6. The normalized spacial score (nSPS) is 12.5. The molecule has 6 rings (SSSR count). The van der Waals surface area contributed by atoms with Crippen molar-refractivity contribution < 1.29 is 0 Å². The van der Waals surface area contributed by atoms with E-state index in [9.17, 15) is 0 Å². The maximum atomic E-state index is 4.87. The van der Waals surface area contributed by atoms with Crippen LogP contribution in [0.25, 0.3) is 53.3 Å². The summed E-state index contributed by atoms with van der Waals surface area (Å²) < 4.78 is 7.82. The highest BCUT2D eigenvalue weighted by Gasteiger charge is 2.25. The number of hydrogen-bond donors (Lipinski definition) is 0. The highest BCUT2D eigenvalue weighted by atomic mass is 32.1. The molecule has 0 bridgehead atoms. The quantitative estimate of drug-likeness (QED) is 0.272. The lowest BCUT2D eigenvalue weighted by Crippen LogP contribution is -2.02. The number of hydrogen-bond acceptors (Lipinski definition) is 4. The summed E-state index contributed by atoms with van der Waals surface area (Å²) in [6.45, 7) is 6.63. The first-order chi connectivity index (χ1) is 14.8. The van der Waals surface area contributed by atoms with E-state index in [4.69, 9.17) is 9.97 Å². The predicted octanol–water partition coefficient (Wildman–Crippen LogP) is 7.57. The van der Waals surface area contributed by atoms with Gasteiger partial charge in [0.05, 0.1) is 31.5 Å². The van der Waals surface area contributed by atoms with E-state index in [-0.39, 0.29) is 0 Å². The summed E-state index contributed by atoms with van der Waals surface area (Å²) in [5, 5.41) is 7.01. The van der Waals surface area contributed by atoms with Crippen molar-refractivity contribution in [3.05, 3.63) is 35.3 Å². The molecule has 6 aromatic rings. The third kappa shape index (κ3) is 2.38. The van der Waals surface area contributed by atoms with Gasteiger partial charge in [0.25, 0.3) is 0 Å². The van der Waals surface area contributed by atoms with Crippen molar-refractivity contribution in [2.75, 3.05) is 0 Å². The van der Waals surface area contributed by atoms with Crippen LogP contribution in [-0.4, -0.2) is 19.1 Å². The summed E-state index contributed by atoms with van der Waals surface area (Å²) in [7, 11) is 0. The summed E-state index contributed by atoms with van der Waals surface area (Å²) >= 11 is 3.66. The van der Waals surface area contributed by atoms with Gasteiger partial charge in [-0.1, -0.05) is 26.7 Å². The smallest absolute Gasteiger partial charge is 0.100 e. The van der Waals surface area contributed by atoms with Crippen LogP contribution in [0.15, 0.2) is 35.3 Å². The highest BCUT2D eigenvalue weighted by Crippen LogP contribution is 2.46. The van der Waals surface area contributed by atoms with Crippen molar-refractivity contribution in [1.82, 2.24) is 19.1 Å². The molecule has 0 saturated carbocycles. The van der Waals surface area contributed by atoms with Crippen LogP contribution >= 0.6 is 22.7 Å². The number of fused-ring (bicyclic) bond motifs is 10. The zero-order chi connectivity index (χ0) is 20.2. The molecule has 0 aliphatic heterocycles. The fraction of sp³-hybridized carbons (Fsp3) is 0.333. The molecule has 0 aliphatic rings. The number of thiophene rings is 2. The van der Waals surface area contributed by atoms with E-state index in [1.165, 1.54) is 67.9 Å². The molecule has 0 aliphatic carbocycles. The predicted molar refractivity (Wildman–Crippen MR) is 131 cm³/mol. The van der Waals surface area contributed by atoms with E-state index in [0.717, 1.165) is 24.1 Å². The number of nitrogens with zero attached hydrogens (tertiary/aromatic N) is 4. The van der Waals surface area contributed by atoms with Crippen LogP contribution < -0.4 is 0 Å².